The zero-order chi connectivity index (χ0) is 26.0. The van der Waals surface area contributed by atoms with E-state index in [0.717, 1.165) is 25.9 Å². The standard InChI is InChI=1S/C25H28F6N2O2/c1-4-35-19-15-17(24(26,27)28)14-18(25(29,30)31)20(19)22(34)32-21(16-10-6-5-7-11-16)23(2,3)33-12-8-9-13-33/h5-7,10-11,14-15,21H,4,8-9,12-13H2,1-3H3,(H,32,34). The molecular formula is C25H28F6N2O2. The number of nitrogens with one attached hydrogen (secondary N) is 1. The highest BCUT2D eigenvalue weighted by atomic mass is 19.4. The second-order valence-corrected chi connectivity index (χ2v) is 8.99. The summed E-state index contributed by atoms with van der Waals surface area (Å²) in [6, 6.07) is 8.44. The number of amides is 1. The maximum atomic E-state index is 13.9. The highest BCUT2D eigenvalue weighted by molar-refractivity contribution is 5.99. The monoisotopic (exact) mass is 502 g/mol. The van der Waals surface area contributed by atoms with Crippen LogP contribution in [0.1, 0.15) is 66.7 Å². The van der Waals surface area contributed by atoms with Crippen molar-refractivity contribution in [1.82, 2.24) is 10.2 Å². The normalized spacial score (nSPS) is 16.3. The Bertz CT molecular complexity index is 1030. The average Bonchev–Trinajstić information content (AvgIpc) is 3.32. The number of likely N-dealkylation sites (tertiary alicyclic amines) is 1. The largest absolute Gasteiger partial charge is 0.493 e. The minimum atomic E-state index is -5.22. The quantitative estimate of drug-likeness (QED) is 0.442. The fraction of sp³-hybridized carbons (Fsp3) is 0.480. The van der Waals surface area contributed by atoms with Crippen LogP contribution in [-0.2, 0) is 12.4 Å². The van der Waals surface area contributed by atoms with E-state index < -0.39 is 52.3 Å². The van der Waals surface area contributed by atoms with Crippen LogP contribution in [0.2, 0.25) is 0 Å². The lowest BCUT2D eigenvalue weighted by Crippen LogP contribution is -2.53. The molecule has 0 aromatic heterocycles. The Morgan fingerprint density at radius 3 is 2.11 bits per heavy atom. The fourth-order valence-corrected chi connectivity index (χ4v) is 4.50. The Hall–Kier alpha value is -2.75. The van der Waals surface area contributed by atoms with Crippen molar-refractivity contribution < 1.29 is 35.9 Å². The van der Waals surface area contributed by atoms with Crippen LogP contribution in [0.15, 0.2) is 42.5 Å². The van der Waals surface area contributed by atoms with Gasteiger partial charge >= 0.3 is 12.4 Å². The molecular weight excluding hydrogens is 474 g/mol. The van der Waals surface area contributed by atoms with Crippen molar-refractivity contribution in [2.24, 2.45) is 0 Å². The summed E-state index contributed by atoms with van der Waals surface area (Å²) in [6.07, 6.45) is -8.37. The molecule has 1 fully saturated rings. The van der Waals surface area contributed by atoms with Gasteiger partial charge in [-0.25, -0.2) is 0 Å². The summed E-state index contributed by atoms with van der Waals surface area (Å²) in [6.45, 7) is 6.47. The van der Waals surface area contributed by atoms with E-state index in [0.29, 0.717) is 11.6 Å². The minimum absolute atomic E-state index is 0.0411. The summed E-state index contributed by atoms with van der Waals surface area (Å²) in [5.41, 5.74) is -4.23. The molecule has 1 aliphatic rings. The first-order valence-electron chi connectivity index (χ1n) is 11.3. The number of nitrogens with zero attached hydrogens (tertiary/aromatic N) is 1. The molecule has 0 aliphatic carbocycles. The molecule has 1 amide bonds. The van der Waals surface area contributed by atoms with Gasteiger partial charge in [0, 0.05) is 5.54 Å². The van der Waals surface area contributed by atoms with Crippen LogP contribution in [-0.4, -0.2) is 36.0 Å². The van der Waals surface area contributed by atoms with E-state index in [4.69, 9.17) is 4.74 Å². The third kappa shape index (κ3) is 5.91. The number of ether oxygens (including phenoxy) is 1. The van der Waals surface area contributed by atoms with Crippen LogP contribution >= 0.6 is 0 Å². The molecule has 0 spiro atoms. The molecule has 1 aliphatic heterocycles. The summed E-state index contributed by atoms with van der Waals surface area (Å²) in [4.78, 5) is 15.6. The number of halogens is 6. The molecule has 192 valence electrons. The molecule has 0 saturated carbocycles. The van der Waals surface area contributed by atoms with Crippen molar-refractivity contribution in [2.75, 3.05) is 19.7 Å². The predicted molar refractivity (Wildman–Crippen MR) is 119 cm³/mol. The Labute approximate surface area is 200 Å². The van der Waals surface area contributed by atoms with Gasteiger partial charge in [0.15, 0.2) is 0 Å². The van der Waals surface area contributed by atoms with Crippen LogP contribution in [0, 0.1) is 0 Å². The molecule has 1 saturated heterocycles. The minimum Gasteiger partial charge on any atom is -0.493 e. The highest BCUT2D eigenvalue weighted by Gasteiger charge is 2.44. The summed E-state index contributed by atoms with van der Waals surface area (Å²) in [5, 5.41) is 2.69. The molecule has 10 heteroatoms. The lowest BCUT2D eigenvalue weighted by Gasteiger charge is -2.42. The zero-order valence-electron chi connectivity index (χ0n) is 19.7. The van der Waals surface area contributed by atoms with Crippen molar-refractivity contribution in [3.05, 3.63) is 64.7 Å². The van der Waals surface area contributed by atoms with Gasteiger partial charge in [0.05, 0.1) is 29.3 Å². The van der Waals surface area contributed by atoms with Crippen molar-refractivity contribution in [3.63, 3.8) is 0 Å². The molecule has 1 atom stereocenters. The smallest absolute Gasteiger partial charge is 0.417 e. The summed E-state index contributed by atoms with van der Waals surface area (Å²) < 4.78 is 86.9. The van der Waals surface area contributed by atoms with E-state index in [1.807, 2.05) is 13.8 Å². The zero-order valence-corrected chi connectivity index (χ0v) is 19.7. The SMILES string of the molecule is CCOc1cc(C(F)(F)F)cc(C(F)(F)F)c1C(=O)NC(c1ccccc1)C(C)(C)N1CCCC1. The van der Waals surface area contributed by atoms with Crippen molar-refractivity contribution >= 4 is 5.91 Å². The third-order valence-electron chi connectivity index (χ3n) is 6.30. The molecule has 35 heavy (non-hydrogen) atoms. The number of benzene rings is 2. The summed E-state index contributed by atoms with van der Waals surface area (Å²) >= 11 is 0. The van der Waals surface area contributed by atoms with Gasteiger partial charge in [-0.3, -0.25) is 9.69 Å². The first-order valence-corrected chi connectivity index (χ1v) is 11.3. The van der Waals surface area contributed by atoms with Crippen LogP contribution in [0.4, 0.5) is 26.3 Å². The lowest BCUT2D eigenvalue weighted by molar-refractivity contribution is -0.143. The van der Waals surface area contributed by atoms with Gasteiger partial charge in [0.1, 0.15) is 5.75 Å². The molecule has 1 N–H and O–H groups in total. The molecule has 2 aromatic carbocycles. The molecule has 2 aromatic rings. The number of hydrogen-bond acceptors (Lipinski definition) is 3. The molecule has 1 unspecified atom stereocenters. The van der Waals surface area contributed by atoms with Crippen LogP contribution in [0.3, 0.4) is 0 Å². The molecule has 0 bridgehead atoms. The number of carbonyl (C=O) groups is 1. The van der Waals surface area contributed by atoms with Gasteiger partial charge in [-0.2, -0.15) is 26.3 Å². The number of rotatable bonds is 7. The maximum absolute atomic E-state index is 13.9. The van der Waals surface area contributed by atoms with Gasteiger partial charge < -0.3 is 10.1 Å². The van der Waals surface area contributed by atoms with Crippen LogP contribution in [0.5, 0.6) is 5.75 Å². The highest BCUT2D eigenvalue weighted by Crippen LogP contribution is 2.42. The third-order valence-corrected chi connectivity index (χ3v) is 6.30. The van der Waals surface area contributed by atoms with E-state index in [-0.39, 0.29) is 12.7 Å². The van der Waals surface area contributed by atoms with E-state index in [1.165, 1.54) is 6.92 Å². The fourth-order valence-electron chi connectivity index (χ4n) is 4.50. The average molecular weight is 502 g/mol. The molecule has 1 heterocycles. The van der Waals surface area contributed by atoms with Gasteiger partial charge in [-0.15, -0.1) is 0 Å². The van der Waals surface area contributed by atoms with Crippen molar-refractivity contribution in [3.8, 4) is 5.75 Å². The van der Waals surface area contributed by atoms with Gasteiger partial charge in [0.25, 0.3) is 5.91 Å². The maximum Gasteiger partial charge on any atom is 0.417 e. The first-order chi connectivity index (χ1) is 16.3. The van der Waals surface area contributed by atoms with Crippen LogP contribution < -0.4 is 10.1 Å². The van der Waals surface area contributed by atoms with E-state index in [2.05, 4.69) is 10.2 Å². The molecule has 3 rings (SSSR count). The molecule has 4 nitrogen and oxygen atoms in total. The topological polar surface area (TPSA) is 41.6 Å². The lowest BCUT2D eigenvalue weighted by atomic mass is 9.86. The summed E-state index contributed by atoms with van der Waals surface area (Å²) in [7, 11) is 0. The van der Waals surface area contributed by atoms with Gasteiger partial charge in [-0.1, -0.05) is 30.3 Å². The van der Waals surface area contributed by atoms with Crippen LogP contribution in [0.25, 0.3) is 0 Å². The second-order valence-electron chi connectivity index (χ2n) is 8.99. The summed E-state index contributed by atoms with van der Waals surface area (Å²) in [5.74, 6) is -1.92. The Morgan fingerprint density at radius 1 is 1.00 bits per heavy atom. The number of alkyl halides is 6. The Morgan fingerprint density at radius 2 is 1.60 bits per heavy atom. The van der Waals surface area contributed by atoms with Gasteiger partial charge in [-0.05, 0) is 64.4 Å². The van der Waals surface area contributed by atoms with Gasteiger partial charge in [0.2, 0.25) is 0 Å². The van der Waals surface area contributed by atoms with E-state index in [1.54, 1.807) is 30.3 Å². The van der Waals surface area contributed by atoms with E-state index >= 15 is 0 Å². The predicted octanol–water partition coefficient (Wildman–Crippen LogP) is 6.47. The Kier molecular flexibility index (Phi) is 7.74. The first kappa shape index (κ1) is 26.8. The number of carbonyl (C=O) groups excluding carboxylic acids is 1. The van der Waals surface area contributed by atoms with Crippen molar-refractivity contribution in [2.45, 2.75) is 57.5 Å². The Balaban J connectivity index is 2.13. The molecule has 0 radical (unpaired) electrons. The van der Waals surface area contributed by atoms with Crippen molar-refractivity contribution in [1.29, 1.82) is 0 Å². The number of hydrogen-bond donors (Lipinski definition) is 1. The van der Waals surface area contributed by atoms with E-state index in [9.17, 15) is 31.1 Å². The second kappa shape index (κ2) is 10.1.